The normalized spacial score (nSPS) is 18.4. The predicted octanol–water partition coefficient (Wildman–Crippen LogP) is 3.11. The zero-order valence-corrected chi connectivity index (χ0v) is 13.3. The summed E-state index contributed by atoms with van der Waals surface area (Å²) in [5.74, 6) is -1.50. The number of carboxylic acids is 1. The first kappa shape index (κ1) is 16.0. The number of hydrogen-bond acceptors (Lipinski definition) is 3. The SMILES string of the molecule is Cc1ccc(S(=O)(=O)C(C(=O)O)C2CCCCC2)c(C)c1. The second-order valence-electron chi connectivity index (χ2n) is 5.97. The molecule has 0 radical (unpaired) electrons. The van der Waals surface area contributed by atoms with Crippen molar-refractivity contribution in [1.29, 1.82) is 0 Å². The average molecular weight is 310 g/mol. The number of aliphatic carboxylic acids is 1. The zero-order valence-electron chi connectivity index (χ0n) is 12.5. The number of benzene rings is 1. The van der Waals surface area contributed by atoms with Gasteiger partial charge in [0.05, 0.1) is 4.90 Å². The van der Waals surface area contributed by atoms with Gasteiger partial charge in [0.2, 0.25) is 0 Å². The molecule has 0 heterocycles. The lowest BCUT2D eigenvalue weighted by Gasteiger charge is -2.27. The standard InChI is InChI=1S/C16H22O4S/c1-11-8-9-14(12(2)10-11)21(19,20)15(16(17)18)13-6-4-3-5-7-13/h8-10,13,15H,3-7H2,1-2H3,(H,17,18). The fraction of sp³-hybridized carbons (Fsp3) is 0.562. The summed E-state index contributed by atoms with van der Waals surface area (Å²) in [6.07, 6.45) is 4.25. The van der Waals surface area contributed by atoms with Crippen molar-refractivity contribution < 1.29 is 18.3 Å². The molecule has 0 aliphatic heterocycles. The van der Waals surface area contributed by atoms with Crippen LogP contribution in [0.15, 0.2) is 23.1 Å². The zero-order chi connectivity index (χ0) is 15.6. The number of rotatable bonds is 4. The molecule has 1 saturated carbocycles. The Morgan fingerprint density at radius 2 is 1.81 bits per heavy atom. The second-order valence-corrected chi connectivity index (χ2v) is 8.01. The van der Waals surface area contributed by atoms with Crippen LogP contribution in [0.25, 0.3) is 0 Å². The number of carbonyl (C=O) groups is 1. The van der Waals surface area contributed by atoms with Crippen molar-refractivity contribution in [2.24, 2.45) is 5.92 Å². The summed E-state index contributed by atoms with van der Waals surface area (Å²) in [4.78, 5) is 11.8. The fourth-order valence-electron chi connectivity index (χ4n) is 3.28. The summed E-state index contributed by atoms with van der Waals surface area (Å²) in [7, 11) is -3.85. The van der Waals surface area contributed by atoms with E-state index in [1.807, 2.05) is 6.92 Å². The van der Waals surface area contributed by atoms with Gasteiger partial charge in [-0.1, -0.05) is 37.0 Å². The fourth-order valence-corrected chi connectivity index (χ4v) is 5.36. The molecule has 4 nitrogen and oxygen atoms in total. The minimum Gasteiger partial charge on any atom is -0.480 e. The van der Waals surface area contributed by atoms with E-state index >= 15 is 0 Å². The summed E-state index contributed by atoms with van der Waals surface area (Å²) >= 11 is 0. The van der Waals surface area contributed by atoms with Crippen molar-refractivity contribution >= 4 is 15.8 Å². The smallest absolute Gasteiger partial charge is 0.322 e. The Kier molecular flexibility index (Phi) is 4.71. The number of hydrogen-bond donors (Lipinski definition) is 1. The van der Waals surface area contributed by atoms with Crippen LogP contribution in [-0.4, -0.2) is 24.7 Å². The number of aryl methyl sites for hydroxylation is 2. The minimum atomic E-state index is -3.85. The van der Waals surface area contributed by atoms with Crippen LogP contribution in [0.3, 0.4) is 0 Å². The van der Waals surface area contributed by atoms with Gasteiger partial charge in [-0.05, 0) is 44.2 Å². The molecule has 1 N–H and O–H groups in total. The van der Waals surface area contributed by atoms with Crippen LogP contribution in [0, 0.1) is 19.8 Å². The van der Waals surface area contributed by atoms with E-state index in [9.17, 15) is 18.3 Å². The molecule has 2 rings (SSSR count). The van der Waals surface area contributed by atoms with E-state index in [2.05, 4.69) is 0 Å². The molecule has 116 valence electrons. The molecule has 1 aromatic rings. The maximum atomic E-state index is 12.8. The number of carboxylic acid groups (broad SMARTS) is 1. The molecular weight excluding hydrogens is 288 g/mol. The Bertz CT molecular complexity index is 628. The molecule has 0 bridgehead atoms. The van der Waals surface area contributed by atoms with Gasteiger partial charge in [-0.25, -0.2) is 8.42 Å². The third kappa shape index (κ3) is 3.28. The second kappa shape index (κ2) is 6.18. The first-order valence-electron chi connectivity index (χ1n) is 7.38. The molecule has 0 saturated heterocycles. The highest BCUT2D eigenvalue weighted by Crippen LogP contribution is 2.33. The number of sulfone groups is 1. The molecule has 5 heteroatoms. The van der Waals surface area contributed by atoms with Crippen LogP contribution in [-0.2, 0) is 14.6 Å². The van der Waals surface area contributed by atoms with E-state index in [1.165, 1.54) is 0 Å². The van der Waals surface area contributed by atoms with Crippen molar-refractivity contribution in [2.45, 2.75) is 56.1 Å². The largest absolute Gasteiger partial charge is 0.480 e. The maximum Gasteiger partial charge on any atom is 0.322 e. The van der Waals surface area contributed by atoms with Crippen molar-refractivity contribution in [1.82, 2.24) is 0 Å². The monoisotopic (exact) mass is 310 g/mol. The van der Waals surface area contributed by atoms with E-state index in [0.717, 1.165) is 24.8 Å². The average Bonchev–Trinajstić information content (AvgIpc) is 2.38. The first-order valence-corrected chi connectivity index (χ1v) is 8.92. The Balaban J connectivity index is 2.44. The third-order valence-corrected chi connectivity index (χ3v) is 6.62. The highest BCUT2D eigenvalue weighted by atomic mass is 32.2. The van der Waals surface area contributed by atoms with Gasteiger partial charge in [0, 0.05) is 0 Å². The lowest BCUT2D eigenvalue weighted by atomic mass is 9.87. The summed E-state index contributed by atoms with van der Waals surface area (Å²) < 4.78 is 25.6. The van der Waals surface area contributed by atoms with E-state index in [0.29, 0.717) is 18.4 Å². The van der Waals surface area contributed by atoms with Gasteiger partial charge in [0.1, 0.15) is 0 Å². The van der Waals surface area contributed by atoms with Crippen LogP contribution in [0.5, 0.6) is 0 Å². The molecular formula is C16H22O4S. The maximum absolute atomic E-state index is 12.8. The van der Waals surface area contributed by atoms with Crippen molar-refractivity contribution in [2.75, 3.05) is 0 Å². The summed E-state index contributed by atoms with van der Waals surface area (Å²) in [5.41, 5.74) is 1.59. The molecule has 21 heavy (non-hydrogen) atoms. The quantitative estimate of drug-likeness (QED) is 0.927. The van der Waals surface area contributed by atoms with Gasteiger partial charge in [-0.15, -0.1) is 0 Å². The molecule has 1 fully saturated rings. The molecule has 0 aromatic heterocycles. The molecule has 1 aliphatic rings. The van der Waals surface area contributed by atoms with Gasteiger partial charge < -0.3 is 5.11 Å². The molecule has 1 unspecified atom stereocenters. The highest BCUT2D eigenvalue weighted by molar-refractivity contribution is 7.92. The van der Waals surface area contributed by atoms with Gasteiger partial charge in [-0.3, -0.25) is 4.79 Å². The Labute approximate surface area is 126 Å². The van der Waals surface area contributed by atoms with E-state index < -0.39 is 21.1 Å². The summed E-state index contributed by atoms with van der Waals surface area (Å²) in [6, 6.07) is 5.05. The first-order chi connectivity index (χ1) is 9.84. The van der Waals surface area contributed by atoms with E-state index in [-0.39, 0.29) is 10.8 Å². The van der Waals surface area contributed by atoms with Crippen molar-refractivity contribution in [3.8, 4) is 0 Å². The minimum absolute atomic E-state index is 0.158. The van der Waals surface area contributed by atoms with Gasteiger partial charge >= 0.3 is 5.97 Å². The van der Waals surface area contributed by atoms with E-state index in [4.69, 9.17) is 0 Å². The Hall–Kier alpha value is -1.36. The Morgan fingerprint density at radius 1 is 1.19 bits per heavy atom. The summed E-state index contributed by atoms with van der Waals surface area (Å²) in [5, 5.41) is 8.17. The topological polar surface area (TPSA) is 71.4 Å². The van der Waals surface area contributed by atoms with Crippen LogP contribution in [0.2, 0.25) is 0 Å². The molecule has 0 spiro atoms. The lowest BCUT2D eigenvalue weighted by molar-refractivity contribution is -0.137. The van der Waals surface area contributed by atoms with Crippen molar-refractivity contribution in [3.63, 3.8) is 0 Å². The van der Waals surface area contributed by atoms with Crippen molar-refractivity contribution in [3.05, 3.63) is 29.3 Å². The van der Waals surface area contributed by atoms with Crippen LogP contribution in [0.4, 0.5) is 0 Å². The Morgan fingerprint density at radius 3 is 2.33 bits per heavy atom. The van der Waals surface area contributed by atoms with Gasteiger partial charge in [-0.2, -0.15) is 0 Å². The molecule has 1 aliphatic carbocycles. The van der Waals surface area contributed by atoms with E-state index in [1.54, 1.807) is 25.1 Å². The molecule has 1 aromatic carbocycles. The third-order valence-electron chi connectivity index (χ3n) is 4.29. The highest BCUT2D eigenvalue weighted by Gasteiger charge is 2.41. The van der Waals surface area contributed by atoms with Crippen LogP contribution in [0.1, 0.15) is 43.2 Å². The van der Waals surface area contributed by atoms with Gasteiger partial charge in [0.25, 0.3) is 0 Å². The van der Waals surface area contributed by atoms with Gasteiger partial charge in [0.15, 0.2) is 15.1 Å². The molecule has 1 atom stereocenters. The van der Waals surface area contributed by atoms with Crippen LogP contribution >= 0.6 is 0 Å². The predicted molar refractivity (Wildman–Crippen MR) is 81.1 cm³/mol. The summed E-state index contributed by atoms with van der Waals surface area (Å²) in [6.45, 7) is 3.61. The van der Waals surface area contributed by atoms with Crippen LogP contribution < -0.4 is 0 Å². The lowest BCUT2D eigenvalue weighted by Crippen LogP contribution is -2.38. The molecule has 0 amide bonds.